The van der Waals surface area contributed by atoms with Crippen LogP contribution in [0, 0.1) is 11.3 Å². The minimum Gasteiger partial charge on any atom is -0.495 e. The summed E-state index contributed by atoms with van der Waals surface area (Å²) < 4.78 is 10.8. The van der Waals surface area contributed by atoms with Gasteiger partial charge in [-0.2, -0.15) is 5.26 Å². The van der Waals surface area contributed by atoms with Crippen LogP contribution in [0.3, 0.4) is 0 Å². The number of ether oxygens (including phenoxy) is 2. The number of hydrogen-bond donors (Lipinski definition) is 1. The van der Waals surface area contributed by atoms with Crippen LogP contribution in [0.5, 0.6) is 11.5 Å². The standard InChI is InChI=1S/C17H17NO3/c1-12(19)14-4-3-5-16(9-14)21-11-13-6-7-17(20-2)15(8-13)10-18/h3-9,12,19H,11H2,1-2H3/t12-/m1/s1. The van der Waals surface area contributed by atoms with Crippen molar-refractivity contribution in [2.75, 3.05) is 7.11 Å². The lowest BCUT2D eigenvalue weighted by molar-refractivity contribution is 0.198. The Hall–Kier alpha value is -2.51. The van der Waals surface area contributed by atoms with E-state index in [1.165, 1.54) is 7.11 Å². The molecule has 0 fully saturated rings. The molecule has 21 heavy (non-hydrogen) atoms. The number of methoxy groups -OCH3 is 1. The topological polar surface area (TPSA) is 62.5 Å². The van der Waals surface area contributed by atoms with Gasteiger partial charge in [0.25, 0.3) is 0 Å². The normalized spacial score (nSPS) is 11.5. The van der Waals surface area contributed by atoms with Crippen LogP contribution in [0.2, 0.25) is 0 Å². The van der Waals surface area contributed by atoms with Gasteiger partial charge in [0.15, 0.2) is 0 Å². The Morgan fingerprint density at radius 1 is 1.24 bits per heavy atom. The first kappa shape index (κ1) is 14.9. The highest BCUT2D eigenvalue weighted by atomic mass is 16.5. The quantitative estimate of drug-likeness (QED) is 0.915. The molecular weight excluding hydrogens is 266 g/mol. The van der Waals surface area contributed by atoms with Crippen LogP contribution >= 0.6 is 0 Å². The van der Waals surface area contributed by atoms with Crippen molar-refractivity contribution in [1.82, 2.24) is 0 Å². The van der Waals surface area contributed by atoms with Crippen LogP contribution in [-0.4, -0.2) is 12.2 Å². The first-order valence-corrected chi connectivity index (χ1v) is 6.62. The Bertz CT molecular complexity index is 659. The van der Waals surface area contributed by atoms with Gasteiger partial charge in [-0.1, -0.05) is 18.2 Å². The van der Waals surface area contributed by atoms with E-state index >= 15 is 0 Å². The lowest BCUT2D eigenvalue weighted by Crippen LogP contribution is -1.98. The lowest BCUT2D eigenvalue weighted by atomic mass is 10.1. The van der Waals surface area contributed by atoms with E-state index in [4.69, 9.17) is 14.7 Å². The molecule has 1 atom stereocenters. The molecule has 0 amide bonds. The van der Waals surface area contributed by atoms with Gasteiger partial charge in [-0.3, -0.25) is 0 Å². The maximum atomic E-state index is 9.55. The Balaban J connectivity index is 2.10. The van der Waals surface area contributed by atoms with E-state index in [0.29, 0.717) is 23.7 Å². The Morgan fingerprint density at radius 3 is 2.71 bits per heavy atom. The number of nitriles is 1. The fourth-order valence-electron chi connectivity index (χ4n) is 1.96. The van der Waals surface area contributed by atoms with E-state index in [-0.39, 0.29) is 0 Å². The first-order valence-electron chi connectivity index (χ1n) is 6.62. The SMILES string of the molecule is COc1ccc(COc2cccc([C@@H](C)O)c2)cc1C#N. The number of aliphatic hydroxyl groups is 1. The van der Waals surface area contributed by atoms with Gasteiger partial charge in [-0.15, -0.1) is 0 Å². The Kier molecular flexibility index (Phi) is 4.81. The molecule has 0 aliphatic heterocycles. The fraction of sp³-hybridized carbons (Fsp3) is 0.235. The predicted octanol–water partition coefficient (Wildman–Crippen LogP) is 3.20. The molecule has 0 aliphatic carbocycles. The van der Waals surface area contributed by atoms with Gasteiger partial charge in [-0.05, 0) is 42.3 Å². The summed E-state index contributed by atoms with van der Waals surface area (Å²) in [6.45, 7) is 2.06. The second-order valence-corrected chi connectivity index (χ2v) is 4.68. The van der Waals surface area contributed by atoms with Crippen LogP contribution in [0.4, 0.5) is 0 Å². The van der Waals surface area contributed by atoms with Gasteiger partial charge < -0.3 is 14.6 Å². The number of hydrogen-bond acceptors (Lipinski definition) is 4. The lowest BCUT2D eigenvalue weighted by Gasteiger charge is -2.10. The molecule has 0 radical (unpaired) electrons. The summed E-state index contributed by atoms with van der Waals surface area (Å²) >= 11 is 0. The van der Waals surface area contributed by atoms with Crippen molar-refractivity contribution in [2.24, 2.45) is 0 Å². The van der Waals surface area contributed by atoms with Gasteiger partial charge in [0.1, 0.15) is 24.2 Å². The molecule has 0 heterocycles. The molecule has 0 aliphatic rings. The fourth-order valence-corrected chi connectivity index (χ4v) is 1.96. The van der Waals surface area contributed by atoms with Crippen LogP contribution in [0.15, 0.2) is 42.5 Å². The highest BCUT2D eigenvalue weighted by Crippen LogP contribution is 2.22. The van der Waals surface area contributed by atoms with Crippen LogP contribution in [0.1, 0.15) is 29.7 Å². The average Bonchev–Trinajstić information content (AvgIpc) is 2.52. The van der Waals surface area contributed by atoms with Crippen molar-refractivity contribution >= 4 is 0 Å². The van der Waals surface area contributed by atoms with Crippen LogP contribution in [0.25, 0.3) is 0 Å². The molecule has 4 heteroatoms. The van der Waals surface area contributed by atoms with Crippen molar-refractivity contribution in [2.45, 2.75) is 19.6 Å². The number of nitrogens with zero attached hydrogens (tertiary/aromatic N) is 1. The largest absolute Gasteiger partial charge is 0.495 e. The molecule has 0 unspecified atom stereocenters. The Labute approximate surface area is 124 Å². The third kappa shape index (κ3) is 3.74. The monoisotopic (exact) mass is 283 g/mol. The molecule has 2 rings (SSSR count). The van der Waals surface area contributed by atoms with E-state index in [1.54, 1.807) is 25.1 Å². The number of aliphatic hydroxyl groups excluding tert-OH is 1. The number of benzene rings is 2. The molecule has 0 aromatic heterocycles. The van der Waals surface area contributed by atoms with E-state index in [9.17, 15) is 5.11 Å². The van der Waals surface area contributed by atoms with E-state index in [1.807, 2.05) is 24.3 Å². The summed E-state index contributed by atoms with van der Waals surface area (Å²) in [5, 5.41) is 18.6. The summed E-state index contributed by atoms with van der Waals surface area (Å²) in [5.41, 5.74) is 2.17. The maximum Gasteiger partial charge on any atom is 0.136 e. The summed E-state index contributed by atoms with van der Waals surface area (Å²) in [5.74, 6) is 1.24. The molecule has 0 spiro atoms. The van der Waals surface area contributed by atoms with Gasteiger partial charge >= 0.3 is 0 Å². The second kappa shape index (κ2) is 6.78. The summed E-state index contributed by atoms with van der Waals surface area (Å²) in [4.78, 5) is 0. The molecular formula is C17H17NO3. The second-order valence-electron chi connectivity index (χ2n) is 4.68. The zero-order chi connectivity index (χ0) is 15.2. The van der Waals surface area contributed by atoms with Gasteiger partial charge in [0, 0.05) is 0 Å². The van der Waals surface area contributed by atoms with Crippen molar-refractivity contribution < 1.29 is 14.6 Å². The predicted molar refractivity (Wildman–Crippen MR) is 79.1 cm³/mol. The third-order valence-electron chi connectivity index (χ3n) is 3.13. The maximum absolute atomic E-state index is 9.55. The summed E-state index contributed by atoms with van der Waals surface area (Å²) in [6.07, 6.45) is -0.528. The molecule has 2 aromatic rings. The number of rotatable bonds is 5. The minimum atomic E-state index is -0.528. The molecule has 4 nitrogen and oxygen atoms in total. The van der Waals surface area contributed by atoms with Crippen molar-refractivity contribution in [3.05, 3.63) is 59.2 Å². The third-order valence-corrected chi connectivity index (χ3v) is 3.13. The van der Waals surface area contributed by atoms with Crippen LogP contribution in [-0.2, 0) is 6.61 Å². The molecule has 108 valence electrons. The van der Waals surface area contributed by atoms with Gasteiger partial charge in [-0.25, -0.2) is 0 Å². The average molecular weight is 283 g/mol. The first-order chi connectivity index (χ1) is 10.1. The summed E-state index contributed by atoms with van der Waals surface area (Å²) in [7, 11) is 1.54. The molecule has 0 bridgehead atoms. The highest BCUT2D eigenvalue weighted by Gasteiger charge is 2.05. The zero-order valence-corrected chi connectivity index (χ0v) is 12.0. The van der Waals surface area contributed by atoms with Crippen molar-refractivity contribution in [3.8, 4) is 17.6 Å². The molecule has 0 saturated heterocycles. The molecule has 1 N–H and O–H groups in total. The van der Waals surface area contributed by atoms with E-state index in [0.717, 1.165) is 11.1 Å². The van der Waals surface area contributed by atoms with Crippen LogP contribution < -0.4 is 9.47 Å². The van der Waals surface area contributed by atoms with Gasteiger partial charge in [0.05, 0.1) is 18.8 Å². The van der Waals surface area contributed by atoms with E-state index < -0.39 is 6.10 Å². The summed E-state index contributed by atoms with van der Waals surface area (Å²) in [6, 6.07) is 14.8. The van der Waals surface area contributed by atoms with Crippen molar-refractivity contribution in [1.29, 1.82) is 5.26 Å². The minimum absolute atomic E-state index is 0.349. The van der Waals surface area contributed by atoms with Crippen molar-refractivity contribution in [3.63, 3.8) is 0 Å². The van der Waals surface area contributed by atoms with E-state index in [2.05, 4.69) is 6.07 Å². The molecule has 2 aromatic carbocycles. The molecule has 0 saturated carbocycles. The highest BCUT2D eigenvalue weighted by molar-refractivity contribution is 5.45. The zero-order valence-electron chi connectivity index (χ0n) is 12.0. The van der Waals surface area contributed by atoms with Gasteiger partial charge in [0.2, 0.25) is 0 Å². The smallest absolute Gasteiger partial charge is 0.136 e. The Morgan fingerprint density at radius 2 is 2.05 bits per heavy atom.